The van der Waals surface area contributed by atoms with E-state index in [2.05, 4.69) is 17.1 Å². The Bertz CT molecular complexity index is 368. The van der Waals surface area contributed by atoms with Crippen LogP contribution in [0.5, 0.6) is 0 Å². The normalized spacial score (nSPS) is 28.0. The molecule has 0 bridgehead atoms. The number of hydrogen-bond acceptors (Lipinski definition) is 4. The maximum absolute atomic E-state index is 9.53. The molecule has 2 atom stereocenters. The number of rotatable bonds is 4. The van der Waals surface area contributed by atoms with Crippen LogP contribution in [0.4, 0.5) is 0 Å². The molecule has 1 heterocycles. The summed E-state index contributed by atoms with van der Waals surface area (Å²) in [5.74, 6) is 2.65. The molecule has 1 aliphatic rings. The number of aliphatic hydroxyl groups is 1. The first kappa shape index (κ1) is 13.5. The summed E-state index contributed by atoms with van der Waals surface area (Å²) in [5, 5.41) is 13.6. The Balaban J connectivity index is 1.98. The Hall–Kier alpha value is -0.900. The van der Waals surface area contributed by atoms with Crippen molar-refractivity contribution >= 4 is 0 Å². The summed E-state index contributed by atoms with van der Waals surface area (Å²) in [4.78, 5) is 4.47. The summed E-state index contributed by atoms with van der Waals surface area (Å²) in [6.07, 6.45) is 5.72. The molecule has 0 radical (unpaired) electrons. The van der Waals surface area contributed by atoms with Gasteiger partial charge in [-0.05, 0) is 38.5 Å². The lowest BCUT2D eigenvalue weighted by atomic mass is 9.80. The van der Waals surface area contributed by atoms with E-state index in [1.165, 1.54) is 32.1 Å². The van der Waals surface area contributed by atoms with E-state index in [9.17, 15) is 5.11 Å². The van der Waals surface area contributed by atoms with E-state index in [1.54, 1.807) is 6.92 Å². The Kier molecular flexibility index (Phi) is 4.38. The Morgan fingerprint density at radius 1 is 1.28 bits per heavy atom. The molecule has 4 heteroatoms. The third-order valence-electron chi connectivity index (χ3n) is 4.36. The van der Waals surface area contributed by atoms with Gasteiger partial charge < -0.3 is 9.63 Å². The van der Waals surface area contributed by atoms with Crippen LogP contribution in [0.15, 0.2) is 4.52 Å². The molecule has 0 aliphatic heterocycles. The lowest BCUT2D eigenvalue weighted by Crippen LogP contribution is -2.14. The zero-order valence-electron chi connectivity index (χ0n) is 11.6. The summed E-state index contributed by atoms with van der Waals surface area (Å²) >= 11 is 0. The molecule has 0 saturated heterocycles. The van der Waals surface area contributed by atoms with Crippen molar-refractivity contribution in [1.29, 1.82) is 0 Å². The van der Waals surface area contributed by atoms with E-state index in [4.69, 9.17) is 4.52 Å². The van der Waals surface area contributed by atoms with Crippen molar-refractivity contribution < 1.29 is 9.63 Å². The Morgan fingerprint density at radius 3 is 2.50 bits per heavy atom. The van der Waals surface area contributed by atoms with Gasteiger partial charge in [0.2, 0.25) is 5.89 Å². The van der Waals surface area contributed by atoms with Crippen LogP contribution in [-0.4, -0.2) is 21.4 Å². The highest BCUT2D eigenvalue weighted by Gasteiger charge is 2.26. The van der Waals surface area contributed by atoms with Crippen molar-refractivity contribution in [2.24, 2.45) is 5.92 Å². The summed E-state index contributed by atoms with van der Waals surface area (Å²) in [6, 6.07) is 0. The molecule has 1 saturated carbocycles. The first-order chi connectivity index (χ1) is 8.61. The van der Waals surface area contributed by atoms with Crippen molar-refractivity contribution in [3.8, 4) is 0 Å². The molecule has 1 aromatic heterocycles. The van der Waals surface area contributed by atoms with Crippen LogP contribution in [0, 0.1) is 5.92 Å². The van der Waals surface area contributed by atoms with Gasteiger partial charge >= 0.3 is 0 Å². The molecule has 1 N–H and O–H groups in total. The van der Waals surface area contributed by atoms with Gasteiger partial charge in [0.05, 0.1) is 12.0 Å². The van der Waals surface area contributed by atoms with Crippen molar-refractivity contribution in [2.45, 2.75) is 70.8 Å². The zero-order chi connectivity index (χ0) is 13.1. The van der Waals surface area contributed by atoms with Crippen molar-refractivity contribution in [1.82, 2.24) is 10.1 Å². The largest absolute Gasteiger partial charge is 0.393 e. The molecule has 2 unspecified atom stereocenters. The summed E-state index contributed by atoms with van der Waals surface area (Å²) in [7, 11) is 0. The lowest BCUT2D eigenvalue weighted by molar-refractivity contribution is 0.151. The first-order valence-electron chi connectivity index (χ1n) is 7.13. The van der Waals surface area contributed by atoms with Crippen LogP contribution in [0.3, 0.4) is 0 Å². The van der Waals surface area contributed by atoms with Crippen LogP contribution < -0.4 is 0 Å². The quantitative estimate of drug-likeness (QED) is 0.893. The van der Waals surface area contributed by atoms with Gasteiger partial charge in [0, 0.05) is 5.92 Å². The second-order valence-electron chi connectivity index (χ2n) is 5.65. The van der Waals surface area contributed by atoms with E-state index >= 15 is 0 Å². The average molecular weight is 252 g/mol. The summed E-state index contributed by atoms with van der Waals surface area (Å²) in [5.41, 5.74) is 0. The highest BCUT2D eigenvalue weighted by Crippen LogP contribution is 2.36. The predicted molar refractivity (Wildman–Crippen MR) is 69.4 cm³/mol. The molecule has 2 rings (SSSR count). The minimum absolute atomic E-state index is 0.0850. The van der Waals surface area contributed by atoms with Crippen LogP contribution in [0.25, 0.3) is 0 Å². The monoisotopic (exact) mass is 252 g/mol. The van der Waals surface area contributed by atoms with Crippen molar-refractivity contribution in [2.75, 3.05) is 0 Å². The standard InChI is InChI=1S/C14H24N2O2/c1-4-11-5-7-12(8-6-11)13-15-14(18-16-13)9(2)10(3)17/h9-12,17H,4-8H2,1-3H3. The van der Waals surface area contributed by atoms with Gasteiger partial charge in [0.15, 0.2) is 5.82 Å². The molecule has 18 heavy (non-hydrogen) atoms. The summed E-state index contributed by atoms with van der Waals surface area (Å²) < 4.78 is 5.27. The molecular weight excluding hydrogens is 228 g/mol. The molecule has 0 spiro atoms. The zero-order valence-corrected chi connectivity index (χ0v) is 11.6. The number of hydrogen-bond donors (Lipinski definition) is 1. The van der Waals surface area contributed by atoms with Crippen LogP contribution >= 0.6 is 0 Å². The van der Waals surface area contributed by atoms with E-state index in [0.29, 0.717) is 11.8 Å². The highest BCUT2D eigenvalue weighted by molar-refractivity contribution is 5.01. The minimum Gasteiger partial charge on any atom is -0.393 e. The highest BCUT2D eigenvalue weighted by atomic mass is 16.5. The van der Waals surface area contributed by atoms with Gasteiger partial charge in [-0.2, -0.15) is 4.98 Å². The van der Waals surface area contributed by atoms with Crippen molar-refractivity contribution in [3.05, 3.63) is 11.7 Å². The smallest absolute Gasteiger partial charge is 0.232 e. The van der Waals surface area contributed by atoms with Crippen LogP contribution in [-0.2, 0) is 0 Å². The number of aromatic nitrogens is 2. The molecule has 4 nitrogen and oxygen atoms in total. The SMILES string of the molecule is CCC1CCC(c2noc(C(C)C(C)O)n2)CC1. The second-order valence-corrected chi connectivity index (χ2v) is 5.65. The third kappa shape index (κ3) is 2.91. The molecule has 0 amide bonds. The van der Waals surface area contributed by atoms with E-state index in [1.807, 2.05) is 6.92 Å². The number of aliphatic hydroxyl groups excluding tert-OH is 1. The number of nitrogens with zero attached hydrogens (tertiary/aromatic N) is 2. The molecule has 1 aromatic rings. The Labute approximate surface area is 109 Å². The van der Waals surface area contributed by atoms with E-state index in [-0.39, 0.29) is 5.92 Å². The third-order valence-corrected chi connectivity index (χ3v) is 4.36. The molecular formula is C14H24N2O2. The fourth-order valence-electron chi connectivity index (χ4n) is 2.63. The van der Waals surface area contributed by atoms with Gasteiger partial charge in [-0.15, -0.1) is 0 Å². The van der Waals surface area contributed by atoms with E-state index < -0.39 is 6.10 Å². The van der Waals surface area contributed by atoms with Crippen LogP contribution in [0.2, 0.25) is 0 Å². The first-order valence-corrected chi connectivity index (χ1v) is 7.13. The van der Waals surface area contributed by atoms with Crippen molar-refractivity contribution in [3.63, 3.8) is 0 Å². The molecule has 102 valence electrons. The van der Waals surface area contributed by atoms with Gasteiger partial charge in [-0.25, -0.2) is 0 Å². The average Bonchev–Trinajstić information content (AvgIpc) is 2.87. The van der Waals surface area contributed by atoms with Gasteiger partial charge in [0.1, 0.15) is 0 Å². The van der Waals surface area contributed by atoms with Gasteiger partial charge in [-0.3, -0.25) is 0 Å². The maximum Gasteiger partial charge on any atom is 0.232 e. The fraction of sp³-hybridized carbons (Fsp3) is 0.857. The van der Waals surface area contributed by atoms with Crippen LogP contribution in [0.1, 0.15) is 76.4 Å². The lowest BCUT2D eigenvalue weighted by Gasteiger charge is -2.25. The molecule has 0 aromatic carbocycles. The molecule has 1 fully saturated rings. The van der Waals surface area contributed by atoms with Gasteiger partial charge in [0.25, 0.3) is 0 Å². The van der Waals surface area contributed by atoms with E-state index in [0.717, 1.165) is 11.7 Å². The fourth-order valence-corrected chi connectivity index (χ4v) is 2.63. The summed E-state index contributed by atoms with van der Waals surface area (Å²) in [6.45, 7) is 5.93. The maximum atomic E-state index is 9.53. The molecule has 1 aliphatic carbocycles. The predicted octanol–water partition coefficient (Wildman–Crippen LogP) is 3.24. The van der Waals surface area contributed by atoms with Gasteiger partial charge in [-0.1, -0.05) is 25.4 Å². The second kappa shape index (κ2) is 5.83. The minimum atomic E-state index is -0.450. The Morgan fingerprint density at radius 2 is 1.94 bits per heavy atom. The topological polar surface area (TPSA) is 59.2 Å².